The summed E-state index contributed by atoms with van der Waals surface area (Å²) < 4.78 is 14.8. The monoisotopic (exact) mass is 270 g/mol. The van der Waals surface area contributed by atoms with Gasteiger partial charge in [-0.15, -0.1) is 0 Å². The van der Waals surface area contributed by atoms with Crippen molar-refractivity contribution in [1.29, 1.82) is 0 Å². The van der Waals surface area contributed by atoms with Gasteiger partial charge in [-0.1, -0.05) is 0 Å². The van der Waals surface area contributed by atoms with Crippen LogP contribution in [-0.4, -0.2) is 37.1 Å². The lowest BCUT2D eigenvalue weighted by atomic mass is 9.83. The summed E-state index contributed by atoms with van der Waals surface area (Å²) in [6.45, 7) is 1.59. The maximum atomic E-state index is 11.7. The molecule has 0 radical (unpaired) electrons. The molecule has 2 rings (SSSR count). The zero-order chi connectivity index (χ0) is 14.0. The van der Waals surface area contributed by atoms with Gasteiger partial charge in [-0.2, -0.15) is 0 Å². The molecular weight excluding hydrogens is 252 g/mol. The van der Waals surface area contributed by atoms with Gasteiger partial charge in [-0.3, -0.25) is 4.79 Å². The van der Waals surface area contributed by atoms with Crippen LogP contribution in [0.2, 0.25) is 0 Å². The standard InChI is InChI=1S/C13H18O6/c1-7(14)18-5-8-3-4-9-10(12(15)17-2)6-19-13(16)11(8)9/h6,8-9,11,13,16H,3-5H2,1-2H3/t8?,9-,11-,13-/m1/s1. The van der Waals surface area contributed by atoms with Gasteiger partial charge in [0.2, 0.25) is 0 Å². The second-order valence-electron chi connectivity index (χ2n) is 4.92. The van der Waals surface area contributed by atoms with Gasteiger partial charge in [0.1, 0.15) is 0 Å². The minimum atomic E-state index is -0.971. The number of aliphatic hydroxyl groups is 1. The minimum Gasteiger partial charge on any atom is -0.472 e. The summed E-state index contributed by atoms with van der Waals surface area (Å²) in [5.74, 6) is -1.12. The lowest BCUT2D eigenvalue weighted by Gasteiger charge is -2.32. The molecule has 1 saturated carbocycles. The van der Waals surface area contributed by atoms with Crippen LogP contribution in [0.5, 0.6) is 0 Å². The Kier molecular flexibility index (Phi) is 4.09. The van der Waals surface area contributed by atoms with E-state index in [2.05, 4.69) is 0 Å². The van der Waals surface area contributed by atoms with Crippen molar-refractivity contribution in [2.75, 3.05) is 13.7 Å². The van der Waals surface area contributed by atoms with Crippen LogP contribution in [0.1, 0.15) is 19.8 Å². The Morgan fingerprint density at radius 2 is 2.21 bits per heavy atom. The van der Waals surface area contributed by atoms with E-state index in [1.165, 1.54) is 20.3 Å². The van der Waals surface area contributed by atoms with E-state index in [-0.39, 0.29) is 30.3 Å². The van der Waals surface area contributed by atoms with Gasteiger partial charge >= 0.3 is 11.9 Å². The maximum Gasteiger partial charge on any atom is 0.337 e. The fraction of sp³-hybridized carbons (Fsp3) is 0.692. The number of methoxy groups -OCH3 is 1. The first-order valence-corrected chi connectivity index (χ1v) is 6.30. The minimum absolute atomic E-state index is 0.00254. The fourth-order valence-electron chi connectivity index (χ4n) is 2.96. The van der Waals surface area contributed by atoms with Crippen molar-refractivity contribution in [3.63, 3.8) is 0 Å². The third-order valence-corrected chi connectivity index (χ3v) is 3.84. The van der Waals surface area contributed by atoms with Crippen LogP contribution in [0.25, 0.3) is 0 Å². The smallest absolute Gasteiger partial charge is 0.337 e. The number of hydrogen-bond donors (Lipinski definition) is 1. The number of aliphatic hydroxyl groups excluding tert-OH is 1. The molecule has 1 aliphatic carbocycles. The zero-order valence-electron chi connectivity index (χ0n) is 11.0. The molecular formula is C13H18O6. The second-order valence-corrected chi connectivity index (χ2v) is 4.92. The van der Waals surface area contributed by atoms with Gasteiger partial charge in [-0.05, 0) is 12.8 Å². The Labute approximate surface area is 111 Å². The number of carbonyl (C=O) groups excluding carboxylic acids is 2. The van der Waals surface area contributed by atoms with Gasteiger partial charge in [0.25, 0.3) is 0 Å². The van der Waals surface area contributed by atoms with E-state index >= 15 is 0 Å². The Balaban J connectivity index is 2.11. The fourth-order valence-corrected chi connectivity index (χ4v) is 2.96. The average Bonchev–Trinajstić information content (AvgIpc) is 2.81. The van der Waals surface area contributed by atoms with Crippen molar-refractivity contribution in [1.82, 2.24) is 0 Å². The summed E-state index contributed by atoms with van der Waals surface area (Å²) in [5, 5.41) is 9.93. The molecule has 0 aromatic rings. The first-order chi connectivity index (χ1) is 9.04. The van der Waals surface area contributed by atoms with E-state index < -0.39 is 12.3 Å². The Morgan fingerprint density at radius 3 is 2.84 bits per heavy atom. The molecule has 19 heavy (non-hydrogen) atoms. The van der Waals surface area contributed by atoms with Crippen molar-refractivity contribution in [2.45, 2.75) is 26.1 Å². The summed E-state index contributed by atoms with van der Waals surface area (Å²) in [5.41, 5.74) is 0.447. The SMILES string of the molecule is COC(=O)C1=CO[C@@H](O)[C@@H]2C(COC(C)=O)CC[C@H]12. The molecule has 1 fully saturated rings. The highest BCUT2D eigenvalue weighted by atomic mass is 16.6. The zero-order valence-corrected chi connectivity index (χ0v) is 11.0. The maximum absolute atomic E-state index is 11.7. The molecule has 0 amide bonds. The molecule has 1 unspecified atom stereocenters. The molecule has 2 aliphatic rings. The molecule has 0 aromatic carbocycles. The number of esters is 2. The molecule has 0 aromatic heterocycles. The molecule has 6 heteroatoms. The van der Waals surface area contributed by atoms with Crippen molar-refractivity contribution in [3.05, 3.63) is 11.8 Å². The molecule has 1 heterocycles. The highest BCUT2D eigenvalue weighted by Crippen LogP contribution is 2.46. The summed E-state index contributed by atoms with van der Waals surface area (Å²) in [6, 6.07) is 0. The Hall–Kier alpha value is -1.56. The van der Waals surface area contributed by atoms with Crippen LogP contribution >= 0.6 is 0 Å². The number of fused-ring (bicyclic) bond motifs is 1. The van der Waals surface area contributed by atoms with E-state index in [1.807, 2.05) is 0 Å². The third-order valence-electron chi connectivity index (χ3n) is 3.84. The predicted octanol–water partition coefficient (Wildman–Crippen LogP) is 0.597. The van der Waals surface area contributed by atoms with Crippen LogP contribution in [0.3, 0.4) is 0 Å². The highest BCUT2D eigenvalue weighted by molar-refractivity contribution is 5.89. The van der Waals surface area contributed by atoms with Crippen LogP contribution in [0.4, 0.5) is 0 Å². The highest BCUT2D eigenvalue weighted by Gasteiger charge is 2.47. The van der Waals surface area contributed by atoms with Crippen molar-refractivity contribution < 1.29 is 28.9 Å². The lowest BCUT2D eigenvalue weighted by Crippen LogP contribution is -2.37. The van der Waals surface area contributed by atoms with Crippen LogP contribution < -0.4 is 0 Å². The van der Waals surface area contributed by atoms with E-state index in [0.717, 1.165) is 12.8 Å². The summed E-state index contributed by atoms with van der Waals surface area (Å²) in [4.78, 5) is 22.5. The normalized spacial score (nSPS) is 32.9. The molecule has 1 aliphatic heterocycles. The summed E-state index contributed by atoms with van der Waals surface area (Å²) in [6.07, 6.45) is 1.84. The first kappa shape index (κ1) is 13.9. The van der Waals surface area contributed by atoms with Crippen LogP contribution in [0.15, 0.2) is 11.8 Å². The molecule has 0 saturated heterocycles. The Morgan fingerprint density at radius 1 is 1.47 bits per heavy atom. The summed E-state index contributed by atoms with van der Waals surface area (Å²) >= 11 is 0. The largest absolute Gasteiger partial charge is 0.472 e. The average molecular weight is 270 g/mol. The molecule has 0 spiro atoms. The number of rotatable bonds is 3. The number of ether oxygens (including phenoxy) is 3. The van der Waals surface area contributed by atoms with Crippen molar-refractivity contribution >= 4 is 11.9 Å². The van der Waals surface area contributed by atoms with Crippen LogP contribution in [-0.2, 0) is 23.8 Å². The van der Waals surface area contributed by atoms with E-state index in [1.54, 1.807) is 0 Å². The molecule has 0 bridgehead atoms. The third kappa shape index (κ3) is 2.73. The predicted molar refractivity (Wildman–Crippen MR) is 63.5 cm³/mol. The lowest BCUT2D eigenvalue weighted by molar-refractivity contribution is -0.153. The van der Waals surface area contributed by atoms with Gasteiger partial charge < -0.3 is 19.3 Å². The topological polar surface area (TPSA) is 82.1 Å². The molecule has 6 nitrogen and oxygen atoms in total. The summed E-state index contributed by atoms with van der Waals surface area (Å²) in [7, 11) is 1.31. The number of carbonyl (C=O) groups is 2. The second kappa shape index (κ2) is 5.61. The van der Waals surface area contributed by atoms with Crippen molar-refractivity contribution in [2.24, 2.45) is 17.8 Å². The van der Waals surface area contributed by atoms with Crippen LogP contribution in [0, 0.1) is 17.8 Å². The van der Waals surface area contributed by atoms with Gasteiger partial charge in [0.15, 0.2) is 6.29 Å². The molecule has 106 valence electrons. The van der Waals surface area contributed by atoms with Crippen molar-refractivity contribution in [3.8, 4) is 0 Å². The van der Waals surface area contributed by atoms with Gasteiger partial charge in [0, 0.05) is 24.7 Å². The van der Waals surface area contributed by atoms with E-state index in [0.29, 0.717) is 5.57 Å². The van der Waals surface area contributed by atoms with E-state index in [9.17, 15) is 14.7 Å². The van der Waals surface area contributed by atoms with Gasteiger partial charge in [-0.25, -0.2) is 4.79 Å². The Bertz CT molecular complexity index is 402. The molecule has 4 atom stereocenters. The number of hydrogen-bond acceptors (Lipinski definition) is 6. The van der Waals surface area contributed by atoms with Gasteiger partial charge in [0.05, 0.1) is 25.6 Å². The quantitative estimate of drug-likeness (QED) is 0.756. The van der Waals surface area contributed by atoms with E-state index in [4.69, 9.17) is 14.2 Å². The first-order valence-electron chi connectivity index (χ1n) is 6.30. The molecule has 1 N–H and O–H groups in total.